The number of guanidine groups is 1. The van der Waals surface area contributed by atoms with E-state index in [1.165, 1.54) is 24.8 Å². The second-order valence-corrected chi connectivity index (χ2v) is 6.81. The Kier molecular flexibility index (Phi) is 6.49. The molecule has 2 aromatic rings. The van der Waals surface area contributed by atoms with Gasteiger partial charge in [0.05, 0.1) is 16.3 Å². The molecule has 0 saturated heterocycles. The summed E-state index contributed by atoms with van der Waals surface area (Å²) >= 11 is 1.61. The summed E-state index contributed by atoms with van der Waals surface area (Å²) in [5, 5.41) is 12.3. The van der Waals surface area contributed by atoms with E-state index in [1.807, 2.05) is 13.8 Å². The smallest absolute Gasteiger partial charge is 0.206 e. The standard InChI is InChI=1S/C18H25N5S/c1-4-5-6-7-14-8-10-15(11-9-14)17-21-12(2)16(24-17)13(3)22-23-18(19)20/h8-11H,4-7H2,1-3H3,(H4,19,20,23)/b22-13+. The Balaban J connectivity index is 2.14. The molecule has 0 unspecified atom stereocenters. The van der Waals surface area contributed by atoms with Gasteiger partial charge in [-0.2, -0.15) is 5.10 Å². The lowest BCUT2D eigenvalue weighted by Crippen LogP contribution is -2.26. The third-order valence-corrected chi connectivity index (χ3v) is 5.05. The fourth-order valence-corrected chi connectivity index (χ4v) is 3.46. The monoisotopic (exact) mass is 343 g/mol. The Morgan fingerprint density at radius 1 is 1.29 bits per heavy atom. The molecular formula is C18H25N5S. The van der Waals surface area contributed by atoms with Gasteiger partial charge >= 0.3 is 0 Å². The summed E-state index contributed by atoms with van der Waals surface area (Å²) in [5.41, 5.74) is 12.0. The summed E-state index contributed by atoms with van der Waals surface area (Å²) in [5.74, 6) is -0.171. The van der Waals surface area contributed by atoms with Crippen LogP contribution in [0.15, 0.2) is 29.4 Å². The Morgan fingerprint density at radius 3 is 2.62 bits per heavy atom. The number of unbranched alkanes of at least 4 members (excludes halogenated alkanes) is 2. The Labute approximate surface area is 147 Å². The predicted molar refractivity (Wildman–Crippen MR) is 103 cm³/mol. The van der Waals surface area contributed by atoms with E-state index in [0.717, 1.165) is 33.3 Å². The van der Waals surface area contributed by atoms with Crippen LogP contribution in [-0.2, 0) is 6.42 Å². The average Bonchev–Trinajstić information content (AvgIpc) is 2.95. The second-order valence-electron chi connectivity index (χ2n) is 5.81. The zero-order chi connectivity index (χ0) is 17.5. The SMILES string of the molecule is CCCCCc1ccc(-c2nc(C)c(/C(C)=N/NC(=N)N)s2)cc1. The van der Waals surface area contributed by atoms with Crippen molar-refractivity contribution in [1.29, 1.82) is 5.41 Å². The van der Waals surface area contributed by atoms with Crippen LogP contribution in [0.1, 0.15) is 49.2 Å². The summed E-state index contributed by atoms with van der Waals surface area (Å²) in [6.45, 7) is 6.08. The molecule has 0 amide bonds. The van der Waals surface area contributed by atoms with Gasteiger partial charge in [-0.3, -0.25) is 5.41 Å². The van der Waals surface area contributed by atoms with Crippen LogP contribution >= 0.6 is 11.3 Å². The van der Waals surface area contributed by atoms with E-state index in [9.17, 15) is 0 Å². The van der Waals surface area contributed by atoms with E-state index in [1.54, 1.807) is 11.3 Å². The molecule has 1 aromatic heterocycles. The molecule has 0 aliphatic heterocycles. The molecule has 128 valence electrons. The van der Waals surface area contributed by atoms with Gasteiger partial charge in [0, 0.05) is 5.56 Å². The fraction of sp³-hybridized carbons (Fsp3) is 0.389. The zero-order valence-electron chi connectivity index (χ0n) is 14.5. The minimum absolute atomic E-state index is 0.171. The molecule has 2 rings (SSSR count). The molecule has 0 spiro atoms. The normalized spacial score (nSPS) is 11.5. The highest BCUT2D eigenvalue weighted by Gasteiger charge is 2.12. The average molecular weight is 344 g/mol. The van der Waals surface area contributed by atoms with E-state index in [2.05, 4.69) is 46.7 Å². The number of nitrogens with two attached hydrogens (primary N) is 1. The van der Waals surface area contributed by atoms with Gasteiger partial charge in [0.15, 0.2) is 0 Å². The van der Waals surface area contributed by atoms with Crippen molar-refractivity contribution in [3.63, 3.8) is 0 Å². The molecule has 24 heavy (non-hydrogen) atoms. The van der Waals surface area contributed by atoms with Crippen LogP contribution in [0.4, 0.5) is 0 Å². The van der Waals surface area contributed by atoms with Crippen LogP contribution in [0.25, 0.3) is 10.6 Å². The molecular weight excluding hydrogens is 318 g/mol. The Bertz CT molecular complexity index is 716. The summed E-state index contributed by atoms with van der Waals surface area (Å²) in [4.78, 5) is 5.66. The van der Waals surface area contributed by atoms with Gasteiger partial charge in [0.2, 0.25) is 5.96 Å². The third-order valence-electron chi connectivity index (χ3n) is 3.74. The van der Waals surface area contributed by atoms with Gasteiger partial charge in [-0.15, -0.1) is 11.3 Å². The van der Waals surface area contributed by atoms with Crippen molar-refractivity contribution in [3.8, 4) is 10.6 Å². The highest BCUT2D eigenvalue weighted by molar-refractivity contribution is 7.17. The van der Waals surface area contributed by atoms with Gasteiger partial charge in [0.25, 0.3) is 0 Å². The third kappa shape index (κ3) is 4.89. The number of aromatic nitrogens is 1. The lowest BCUT2D eigenvalue weighted by atomic mass is 10.1. The van der Waals surface area contributed by atoms with Crippen LogP contribution in [0.5, 0.6) is 0 Å². The van der Waals surface area contributed by atoms with E-state index in [-0.39, 0.29) is 5.96 Å². The number of nitrogens with one attached hydrogen (secondary N) is 2. The summed E-state index contributed by atoms with van der Waals surface area (Å²) in [7, 11) is 0. The molecule has 6 heteroatoms. The maximum absolute atomic E-state index is 7.17. The second kappa shape index (κ2) is 8.59. The predicted octanol–water partition coefficient (Wildman–Crippen LogP) is 4.06. The van der Waals surface area contributed by atoms with Crippen molar-refractivity contribution in [1.82, 2.24) is 10.4 Å². The number of nitrogens with zero attached hydrogens (tertiary/aromatic N) is 2. The minimum atomic E-state index is -0.171. The van der Waals surface area contributed by atoms with Crippen molar-refractivity contribution in [2.24, 2.45) is 10.8 Å². The molecule has 0 aliphatic rings. The van der Waals surface area contributed by atoms with Gasteiger partial charge < -0.3 is 5.73 Å². The summed E-state index contributed by atoms with van der Waals surface area (Å²) in [6.07, 6.45) is 4.91. The molecule has 4 N–H and O–H groups in total. The van der Waals surface area contributed by atoms with Crippen LogP contribution in [-0.4, -0.2) is 16.7 Å². The molecule has 0 radical (unpaired) electrons. The van der Waals surface area contributed by atoms with Crippen molar-refractivity contribution in [2.75, 3.05) is 0 Å². The Morgan fingerprint density at radius 2 is 2.00 bits per heavy atom. The van der Waals surface area contributed by atoms with E-state index < -0.39 is 0 Å². The summed E-state index contributed by atoms with van der Waals surface area (Å²) in [6, 6.07) is 8.67. The number of thiazole rings is 1. The first-order chi connectivity index (χ1) is 11.5. The molecule has 1 heterocycles. The van der Waals surface area contributed by atoms with Crippen molar-refractivity contribution >= 4 is 23.0 Å². The number of aryl methyl sites for hydroxylation is 2. The maximum atomic E-state index is 7.17. The van der Waals surface area contributed by atoms with Crippen LogP contribution < -0.4 is 11.2 Å². The van der Waals surface area contributed by atoms with Gasteiger partial charge in [0.1, 0.15) is 5.01 Å². The quantitative estimate of drug-likeness (QED) is 0.307. The van der Waals surface area contributed by atoms with Crippen LogP contribution in [0.3, 0.4) is 0 Å². The van der Waals surface area contributed by atoms with Crippen LogP contribution in [0, 0.1) is 12.3 Å². The maximum Gasteiger partial charge on any atom is 0.206 e. The molecule has 0 aliphatic carbocycles. The number of benzene rings is 1. The molecule has 0 bridgehead atoms. The lowest BCUT2D eigenvalue weighted by Gasteiger charge is -2.02. The first-order valence-electron chi connectivity index (χ1n) is 8.22. The van der Waals surface area contributed by atoms with E-state index in [4.69, 9.17) is 11.1 Å². The first-order valence-corrected chi connectivity index (χ1v) is 9.04. The van der Waals surface area contributed by atoms with E-state index in [0.29, 0.717) is 0 Å². The van der Waals surface area contributed by atoms with Gasteiger partial charge in [-0.1, -0.05) is 44.0 Å². The molecule has 1 aromatic carbocycles. The van der Waals surface area contributed by atoms with Crippen LogP contribution in [0.2, 0.25) is 0 Å². The zero-order valence-corrected chi connectivity index (χ0v) is 15.3. The highest BCUT2D eigenvalue weighted by Crippen LogP contribution is 2.28. The van der Waals surface area contributed by atoms with Crippen molar-refractivity contribution in [3.05, 3.63) is 40.4 Å². The van der Waals surface area contributed by atoms with Crippen molar-refractivity contribution in [2.45, 2.75) is 46.5 Å². The molecule has 0 fully saturated rings. The number of hydrazone groups is 1. The first kappa shape index (κ1) is 18.1. The van der Waals surface area contributed by atoms with Crippen molar-refractivity contribution < 1.29 is 0 Å². The summed E-state index contributed by atoms with van der Waals surface area (Å²) < 4.78 is 0. The number of rotatable bonds is 7. The minimum Gasteiger partial charge on any atom is -0.369 e. The van der Waals surface area contributed by atoms with Gasteiger partial charge in [-0.25, -0.2) is 10.4 Å². The Hall–Kier alpha value is -2.21. The largest absolute Gasteiger partial charge is 0.369 e. The fourth-order valence-electron chi connectivity index (χ4n) is 2.44. The number of hydrogen-bond acceptors (Lipinski definition) is 4. The molecule has 5 nitrogen and oxygen atoms in total. The number of hydrogen-bond donors (Lipinski definition) is 3. The van der Waals surface area contributed by atoms with E-state index >= 15 is 0 Å². The highest BCUT2D eigenvalue weighted by atomic mass is 32.1. The lowest BCUT2D eigenvalue weighted by molar-refractivity contribution is 0.717. The molecule has 0 saturated carbocycles. The topological polar surface area (TPSA) is 87.2 Å². The van der Waals surface area contributed by atoms with Gasteiger partial charge in [-0.05, 0) is 32.3 Å². The molecule has 0 atom stereocenters.